The van der Waals surface area contributed by atoms with Crippen LogP contribution in [-0.2, 0) is 0 Å². The van der Waals surface area contributed by atoms with Crippen molar-refractivity contribution in [2.75, 3.05) is 13.2 Å². The van der Waals surface area contributed by atoms with Crippen LogP contribution in [0.1, 0.15) is 20.3 Å². The van der Waals surface area contributed by atoms with Gasteiger partial charge in [-0.1, -0.05) is 13.8 Å². The highest BCUT2D eigenvalue weighted by molar-refractivity contribution is 4.92. The van der Waals surface area contributed by atoms with E-state index in [1.165, 1.54) is 0 Å². The Bertz CT molecular complexity index is 238. The van der Waals surface area contributed by atoms with Crippen molar-refractivity contribution in [3.05, 3.63) is 18.5 Å². The molecule has 78 valence electrons. The molecule has 0 atom stereocenters. The van der Waals surface area contributed by atoms with Crippen LogP contribution in [0, 0.1) is 0 Å². The predicted octanol–water partition coefficient (Wildman–Crippen LogP) is 1.24. The maximum Gasteiger partial charge on any atom is 0.316 e. The molecule has 1 rings (SSSR count). The van der Waals surface area contributed by atoms with Gasteiger partial charge in [-0.05, 0) is 19.0 Å². The molecule has 1 aromatic heterocycles. The van der Waals surface area contributed by atoms with Crippen LogP contribution in [0.3, 0.4) is 0 Å². The Hall–Kier alpha value is -1.16. The van der Waals surface area contributed by atoms with Crippen LogP contribution in [0.2, 0.25) is 0 Å². The lowest BCUT2D eigenvalue weighted by Gasteiger charge is -2.07. The molecule has 0 aromatic carbocycles. The molecule has 0 bridgehead atoms. The van der Waals surface area contributed by atoms with Gasteiger partial charge in [0, 0.05) is 18.4 Å². The molecule has 0 radical (unpaired) electrons. The van der Waals surface area contributed by atoms with Crippen LogP contribution < -0.4 is 10.1 Å². The smallest absolute Gasteiger partial charge is 0.316 e. The zero-order valence-corrected chi connectivity index (χ0v) is 8.73. The van der Waals surface area contributed by atoms with E-state index in [2.05, 4.69) is 29.1 Å². The van der Waals surface area contributed by atoms with E-state index in [4.69, 9.17) is 4.74 Å². The second-order valence-electron chi connectivity index (χ2n) is 3.34. The molecule has 4 nitrogen and oxygen atoms in total. The lowest BCUT2D eigenvalue weighted by atomic mass is 10.3. The van der Waals surface area contributed by atoms with Crippen molar-refractivity contribution in [3.8, 4) is 6.01 Å². The van der Waals surface area contributed by atoms with Gasteiger partial charge in [0.15, 0.2) is 0 Å². The Labute approximate surface area is 84.7 Å². The molecular formula is C10H17N3O. The van der Waals surface area contributed by atoms with E-state index in [9.17, 15) is 0 Å². The summed E-state index contributed by atoms with van der Waals surface area (Å²) in [7, 11) is 0. The van der Waals surface area contributed by atoms with Gasteiger partial charge in [-0.25, -0.2) is 9.97 Å². The molecule has 14 heavy (non-hydrogen) atoms. The number of nitrogens with zero attached hydrogens (tertiary/aromatic N) is 2. The van der Waals surface area contributed by atoms with Crippen molar-refractivity contribution >= 4 is 0 Å². The van der Waals surface area contributed by atoms with Crippen LogP contribution in [0.5, 0.6) is 6.01 Å². The number of hydrogen-bond donors (Lipinski definition) is 1. The molecule has 4 heteroatoms. The molecule has 0 fully saturated rings. The summed E-state index contributed by atoms with van der Waals surface area (Å²) in [4.78, 5) is 7.92. The summed E-state index contributed by atoms with van der Waals surface area (Å²) in [6.45, 7) is 5.87. The summed E-state index contributed by atoms with van der Waals surface area (Å²) in [5, 5.41) is 3.31. The number of nitrogens with one attached hydrogen (secondary N) is 1. The van der Waals surface area contributed by atoms with E-state index >= 15 is 0 Å². The van der Waals surface area contributed by atoms with Gasteiger partial charge in [0.25, 0.3) is 0 Å². The lowest BCUT2D eigenvalue weighted by Crippen LogP contribution is -2.24. The van der Waals surface area contributed by atoms with Gasteiger partial charge in [0.2, 0.25) is 0 Å². The second kappa shape index (κ2) is 6.32. The minimum atomic E-state index is 0.456. The normalized spacial score (nSPS) is 10.5. The highest BCUT2D eigenvalue weighted by Crippen LogP contribution is 1.97. The van der Waals surface area contributed by atoms with Gasteiger partial charge in [-0.3, -0.25) is 0 Å². The average Bonchev–Trinajstić information content (AvgIpc) is 2.18. The molecule has 1 N–H and O–H groups in total. The van der Waals surface area contributed by atoms with Crippen LogP contribution in [0.4, 0.5) is 0 Å². The van der Waals surface area contributed by atoms with Crippen LogP contribution in [-0.4, -0.2) is 29.2 Å². The Kier molecular flexibility index (Phi) is 4.93. The third kappa shape index (κ3) is 4.77. The van der Waals surface area contributed by atoms with Crippen LogP contribution in [0.25, 0.3) is 0 Å². The van der Waals surface area contributed by atoms with Gasteiger partial charge in [0.1, 0.15) is 0 Å². The molecule has 0 aliphatic carbocycles. The summed E-state index contributed by atoms with van der Waals surface area (Å²) < 4.78 is 5.33. The second-order valence-corrected chi connectivity index (χ2v) is 3.34. The van der Waals surface area contributed by atoms with Crippen molar-refractivity contribution in [1.29, 1.82) is 0 Å². The van der Waals surface area contributed by atoms with E-state index in [0.29, 0.717) is 18.7 Å². The van der Waals surface area contributed by atoms with E-state index in [1.807, 2.05) is 0 Å². The largest absolute Gasteiger partial charge is 0.463 e. The number of ether oxygens (including phenoxy) is 1. The molecular weight excluding hydrogens is 178 g/mol. The Morgan fingerprint density at radius 1 is 1.36 bits per heavy atom. The summed E-state index contributed by atoms with van der Waals surface area (Å²) in [5.74, 6) is 0. The SMILES string of the molecule is CC(C)NCCCOc1ncccn1. The first-order valence-corrected chi connectivity index (χ1v) is 4.92. The van der Waals surface area contributed by atoms with Gasteiger partial charge in [-0.15, -0.1) is 0 Å². The first-order chi connectivity index (χ1) is 6.79. The van der Waals surface area contributed by atoms with Gasteiger partial charge in [0.05, 0.1) is 6.61 Å². The van der Waals surface area contributed by atoms with E-state index in [1.54, 1.807) is 18.5 Å². The molecule has 1 heterocycles. The molecule has 1 aromatic rings. The highest BCUT2D eigenvalue weighted by atomic mass is 16.5. The zero-order valence-electron chi connectivity index (χ0n) is 8.73. The van der Waals surface area contributed by atoms with Gasteiger partial charge >= 0.3 is 6.01 Å². The Morgan fingerprint density at radius 3 is 2.71 bits per heavy atom. The monoisotopic (exact) mass is 195 g/mol. The van der Waals surface area contributed by atoms with Crippen molar-refractivity contribution in [3.63, 3.8) is 0 Å². The van der Waals surface area contributed by atoms with Gasteiger partial charge in [-0.2, -0.15) is 0 Å². The van der Waals surface area contributed by atoms with E-state index in [0.717, 1.165) is 13.0 Å². The maximum absolute atomic E-state index is 5.33. The number of hydrogen-bond acceptors (Lipinski definition) is 4. The van der Waals surface area contributed by atoms with E-state index < -0.39 is 0 Å². The topological polar surface area (TPSA) is 47.0 Å². The standard InChI is InChI=1S/C10H17N3O/c1-9(2)11-7-4-8-14-10-12-5-3-6-13-10/h3,5-6,9,11H,4,7-8H2,1-2H3. The summed E-state index contributed by atoms with van der Waals surface area (Å²) >= 11 is 0. The number of aromatic nitrogens is 2. The van der Waals surface area contributed by atoms with Gasteiger partial charge < -0.3 is 10.1 Å². The maximum atomic E-state index is 5.33. The minimum Gasteiger partial charge on any atom is -0.463 e. The van der Waals surface area contributed by atoms with Crippen molar-refractivity contribution in [2.45, 2.75) is 26.3 Å². The minimum absolute atomic E-state index is 0.456. The fourth-order valence-corrected chi connectivity index (χ4v) is 0.986. The van der Waals surface area contributed by atoms with Crippen LogP contribution in [0.15, 0.2) is 18.5 Å². The molecule has 0 amide bonds. The molecule has 0 spiro atoms. The Balaban J connectivity index is 2.05. The predicted molar refractivity (Wildman–Crippen MR) is 55.3 cm³/mol. The molecule has 0 aliphatic rings. The first kappa shape index (κ1) is 10.9. The summed E-state index contributed by atoms with van der Waals surface area (Å²) in [5.41, 5.74) is 0. The van der Waals surface area contributed by atoms with Crippen molar-refractivity contribution in [1.82, 2.24) is 15.3 Å². The molecule has 0 aliphatic heterocycles. The zero-order chi connectivity index (χ0) is 10.2. The quantitative estimate of drug-likeness (QED) is 0.694. The number of rotatable bonds is 6. The lowest BCUT2D eigenvalue weighted by molar-refractivity contribution is 0.283. The van der Waals surface area contributed by atoms with E-state index in [-0.39, 0.29) is 0 Å². The summed E-state index contributed by atoms with van der Waals surface area (Å²) in [6.07, 6.45) is 4.32. The summed E-state index contributed by atoms with van der Waals surface area (Å²) in [6, 6.07) is 2.76. The third-order valence-corrected chi connectivity index (χ3v) is 1.65. The van der Waals surface area contributed by atoms with Crippen molar-refractivity contribution < 1.29 is 4.74 Å². The first-order valence-electron chi connectivity index (χ1n) is 4.92. The molecule has 0 saturated heterocycles. The van der Waals surface area contributed by atoms with Crippen molar-refractivity contribution in [2.24, 2.45) is 0 Å². The Morgan fingerprint density at radius 2 is 2.07 bits per heavy atom. The molecule has 0 unspecified atom stereocenters. The fourth-order valence-electron chi connectivity index (χ4n) is 0.986. The average molecular weight is 195 g/mol. The third-order valence-electron chi connectivity index (χ3n) is 1.65. The molecule has 0 saturated carbocycles. The fraction of sp³-hybridized carbons (Fsp3) is 0.600. The van der Waals surface area contributed by atoms with Crippen LogP contribution >= 0.6 is 0 Å². The highest BCUT2D eigenvalue weighted by Gasteiger charge is 1.95.